The van der Waals surface area contributed by atoms with Crippen molar-refractivity contribution >= 4 is 6.09 Å². The Kier molecular flexibility index (Phi) is 5.25. The minimum atomic E-state index is -0.443. The standard InChI is InChI=1S/C15H25NO3/c1-6-7-12-18-15(5)8-10-16(11-9-15)13(17)19-14(2,3)4/h1H,7-12H2,2-5H3. The second-order valence-electron chi connectivity index (χ2n) is 6.22. The van der Waals surface area contributed by atoms with E-state index in [9.17, 15) is 4.79 Å². The van der Waals surface area contributed by atoms with E-state index >= 15 is 0 Å². The van der Waals surface area contributed by atoms with Gasteiger partial charge in [0, 0.05) is 19.5 Å². The maximum absolute atomic E-state index is 11.9. The zero-order chi connectivity index (χ0) is 14.5. The molecule has 0 saturated carbocycles. The molecule has 108 valence electrons. The first-order chi connectivity index (χ1) is 8.76. The molecule has 19 heavy (non-hydrogen) atoms. The lowest BCUT2D eigenvalue weighted by Gasteiger charge is -2.39. The highest BCUT2D eigenvalue weighted by Gasteiger charge is 2.34. The summed E-state index contributed by atoms with van der Waals surface area (Å²) in [5.41, 5.74) is -0.615. The molecule has 1 amide bonds. The summed E-state index contributed by atoms with van der Waals surface area (Å²) in [6.45, 7) is 9.63. The van der Waals surface area contributed by atoms with Crippen molar-refractivity contribution in [2.45, 2.75) is 58.2 Å². The molecular formula is C15H25NO3. The molecule has 0 unspecified atom stereocenters. The molecule has 4 heteroatoms. The van der Waals surface area contributed by atoms with Crippen molar-refractivity contribution in [3.63, 3.8) is 0 Å². The van der Waals surface area contributed by atoms with E-state index in [0.717, 1.165) is 12.8 Å². The monoisotopic (exact) mass is 267 g/mol. The summed E-state index contributed by atoms with van der Waals surface area (Å²) in [6, 6.07) is 0. The molecule has 0 atom stereocenters. The van der Waals surface area contributed by atoms with Crippen LogP contribution in [0.4, 0.5) is 4.79 Å². The molecule has 0 aliphatic carbocycles. The SMILES string of the molecule is C#CCCOC1(C)CCN(C(=O)OC(C)(C)C)CC1. The fourth-order valence-corrected chi connectivity index (χ4v) is 1.99. The van der Waals surface area contributed by atoms with Crippen molar-refractivity contribution in [3.8, 4) is 12.3 Å². The van der Waals surface area contributed by atoms with Crippen LogP contribution in [0.5, 0.6) is 0 Å². The molecule has 0 spiro atoms. The van der Waals surface area contributed by atoms with E-state index in [2.05, 4.69) is 12.8 Å². The second-order valence-corrected chi connectivity index (χ2v) is 6.22. The van der Waals surface area contributed by atoms with Crippen molar-refractivity contribution in [2.24, 2.45) is 0 Å². The first kappa shape index (κ1) is 15.8. The van der Waals surface area contributed by atoms with Crippen molar-refractivity contribution < 1.29 is 14.3 Å². The summed E-state index contributed by atoms with van der Waals surface area (Å²) in [5.74, 6) is 2.57. The third-order valence-electron chi connectivity index (χ3n) is 3.17. The van der Waals surface area contributed by atoms with Crippen LogP contribution in [-0.4, -0.2) is 41.9 Å². The van der Waals surface area contributed by atoms with Crippen molar-refractivity contribution in [1.29, 1.82) is 0 Å². The second kappa shape index (κ2) is 6.29. The lowest BCUT2D eigenvalue weighted by atomic mass is 9.93. The number of hydrogen-bond acceptors (Lipinski definition) is 3. The number of ether oxygens (including phenoxy) is 2. The fraction of sp³-hybridized carbons (Fsp3) is 0.800. The van der Waals surface area contributed by atoms with Gasteiger partial charge in [0.15, 0.2) is 0 Å². The van der Waals surface area contributed by atoms with Crippen LogP contribution < -0.4 is 0 Å². The molecule has 0 N–H and O–H groups in total. The third-order valence-corrected chi connectivity index (χ3v) is 3.17. The van der Waals surface area contributed by atoms with Crippen LogP contribution in [0.15, 0.2) is 0 Å². The number of carbonyl (C=O) groups is 1. The zero-order valence-corrected chi connectivity index (χ0v) is 12.5. The Balaban J connectivity index is 2.40. The van der Waals surface area contributed by atoms with E-state index < -0.39 is 5.60 Å². The lowest BCUT2D eigenvalue weighted by molar-refractivity contribution is -0.0704. The van der Waals surface area contributed by atoms with Crippen LogP contribution in [-0.2, 0) is 9.47 Å². The molecule has 0 aromatic heterocycles. The van der Waals surface area contributed by atoms with Crippen molar-refractivity contribution in [3.05, 3.63) is 0 Å². The number of hydrogen-bond donors (Lipinski definition) is 0. The Labute approximate surface area is 116 Å². The van der Waals surface area contributed by atoms with Crippen molar-refractivity contribution in [2.75, 3.05) is 19.7 Å². The van der Waals surface area contributed by atoms with Gasteiger partial charge in [-0.2, -0.15) is 0 Å². The molecule has 0 aromatic carbocycles. The average molecular weight is 267 g/mol. The third kappa shape index (κ3) is 5.52. The molecule has 1 saturated heterocycles. The first-order valence-corrected chi connectivity index (χ1v) is 6.81. The topological polar surface area (TPSA) is 38.8 Å². The summed E-state index contributed by atoms with van der Waals surface area (Å²) < 4.78 is 11.2. The first-order valence-electron chi connectivity index (χ1n) is 6.81. The summed E-state index contributed by atoms with van der Waals surface area (Å²) in [5, 5.41) is 0. The van der Waals surface area contributed by atoms with Gasteiger partial charge < -0.3 is 14.4 Å². The van der Waals surface area contributed by atoms with Gasteiger partial charge in [0.2, 0.25) is 0 Å². The van der Waals surface area contributed by atoms with E-state index in [4.69, 9.17) is 15.9 Å². The van der Waals surface area contributed by atoms with Crippen LogP contribution in [0.25, 0.3) is 0 Å². The number of nitrogens with zero attached hydrogens (tertiary/aromatic N) is 1. The van der Waals surface area contributed by atoms with Gasteiger partial charge in [-0.25, -0.2) is 4.79 Å². The highest BCUT2D eigenvalue weighted by atomic mass is 16.6. The number of carbonyl (C=O) groups excluding carboxylic acids is 1. The Hall–Kier alpha value is -1.21. The number of likely N-dealkylation sites (tertiary alicyclic amines) is 1. The molecule has 1 rings (SSSR count). The Bertz CT molecular complexity index is 343. The molecule has 1 fully saturated rings. The quantitative estimate of drug-likeness (QED) is 0.583. The van der Waals surface area contributed by atoms with Gasteiger partial charge in [-0.3, -0.25) is 0 Å². The molecule has 1 aliphatic heterocycles. The van der Waals surface area contributed by atoms with Crippen LogP contribution in [0.1, 0.15) is 47.0 Å². The number of rotatable bonds is 3. The van der Waals surface area contributed by atoms with E-state index in [0.29, 0.717) is 26.1 Å². The van der Waals surface area contributed by atoms with Crippen LogP contribution >= 0.6 is 0 Å². The van der Waals surface area contributed by atoms with E-state index in [1.54, 1.807) is 4.90 Å². The van der Waals surface area contributed by atoms with Gasteiger partial charge in [0.1, 0.15) is 5.60 Å². The molecule has 0 aromatic rings. The largest absolute Gasteiger partial charge is 0.444 e. The minimum Gasteiger partial charge on any atom is -0.444 e. The molecule has 1 heterocycles. The predicted octanol–water partition coefficient (Wildman–Crippen LogP) is 2.82. The van der Waals surface area contributed by atoms with Gasteiger partial charge in [-0.05, 0) is 40.5 Å². The lowest BCUT2D eigenvalue weighted by Crippen LogP contribution is -2.48. The Morgan fingerprint density at radius 1 is 1.37 bits per heavy atom. The van der Waals surface area contributed by atoms with E-state index in [1.807, 2.05) is 20.8 Å². The normalized spacial score (nSPS) is 18.8. The zero-order valence-electron chi connectivity index (χ0n) is 12.5. The summed E-state index contributed by atoms with van der Waals surface area (Å²) >= 11 is 0. The molecule has 0 bridgehead atoms. The average Bonchev–Trinajstić information content (AvgIpc) is 2.27. The molecule has 0 radical (unpaired) electrons. The van der Waals surface area contributed by atoms with Gasteiger partial charge >= 0.3 is 6.09 Å². The maximum atomic E-state index is 11.9. The number of piperidine rings is 1. The highest BCUT2D eigenvalue weighted by molar-refractivity contribution is 5.68. The molecule has 1 aliphatic rings. The van der Waals surface area contributed by atoms with Crippen molar-refractivity contribution in [1.82, 2.24) is 4.90 Å². The van der Waals surface area contributed by atoms with Gasteiger partial charge in [-0.15, -0.1) is 12.3 Å². The van der Waals surface area contributed by atoms with Gasteiger partial charge in [0.25, 0.3) is 0 Å². The predicted molar refractivity (Wildman–Crippen MR) is 74.8 cm³/mol. The van der Waals surface area contributed by atoms with Crippen LogP contribution in [0.2, 0.25) is 0 Å². The highest BCUT2D eigenvalue weighted by Crippen LogP contribution is 2.26. The Morgan fingerprint density at radius 2 is 1.95 bits per heavy atom. The fourth-order valence-electron chi connectivity index (χ4n) is 1.99. The number of terminal acetylenes is 1. The maximum Gasteiger partial charge on any atom is 0.410 e. The smallest absolute Gasteiger partial charge is 0.410 e. The Morgan fingerprint density at radius 3 is 2.42 bits per heavy atom. The van der Waals surface area contributed by atoms with Crippen LogP contribution in [0, 0.1) is 12.3 Å². The van der Waals surface area contributed by atoms with Gasteiger partial charge in [-0.1, -0.05) is 0 Å². The molecule has 4 nitrogen and oxygen atoms in total. The summed E-state index contributed by atoms with van der Waals surface area (Å²) in [7, 11) is 0. The van der Waals surface area contributed by atoms with Gasteiger partial charge in [0.05, 0.1) is 12.2 Å². The van der Waals surface area contributed by atoms with E-state index in [1.165, 1.54) is 0 Å². The molecular weight excluding hydrogens is 242 g/mol. The summed E-state index contributed by atoms with van der Waals surface area (Å²) in [4.78, 5) is 13.7. The minimum absolute atomic E-state index is 0.171. The van der Waals surface area contributed by atoms with Crippen LogP contribution in [0.3, 0.4) is 0 Å². The number of amides is 1. The van der Waals surface area contributed by atoms with E-state index in [-0.39, 0.29) is 11.7 Å². The summed E-state index contributed by atoms with van der Waals surface area (Å²) in [6.07, 6.45) is 7.23.